The lowest BCUT2D eigenvalue weighted by Gasteiger charge is -2.32. The molecule has 10 heteroatoms. The maximum atomic E-state index is 12.7. The number of nitrogens with one attached hydrogen (secondary N) is 1. The molecule has 7 nitrogen and oxygen atoms in total. The molecule has 1 atom stereocenters. The molecular formula is C20H19F3N6O. The Morgan fingerprint density at radius 3 is 2.43 bits per heavy atom. The molecule has 1 aromatic carbocycles. The number of alkyl halides is 3. The molecule has 1 aliphatic heterocycles. The highest BCUT2D eigenvalue weighted by molar-refractivity contribution is 5.93. The molecule has 30 heavy (non-hydrogen) atoms. The number of carbonyl (C=O) groups is 1. The summed E-state index contributed by atoms with van der Waals surface area (Å²) >= 11 is 0. The van der Waals surface area contributed by atoms with E-state index in [0.29, 0.717) is 30.3 Å². The Labute approximate surface area is 170 Å². The molecule has 1 unspecified atom stereocenters. The SMILES string of the molecule is O=C(Nc1ccc(C(F)(F)F)cc1)C1CCCN(c2ccc(-n3ccnc3)nn2)C1. The van der Waals surface area contributed by atoms with Gasteiger partial charge in [-0.15, -0.1) is 10.2 Å². The van der Waals surface area contributed by atoms with Gasteiger partial charge in [0.2, 0.25) is 5.91 Å². The molecule has 1 N–H and O–H groups in total. The summed E-state index contributed by atoms with van der Waals surface area (Å²) in [5.74, 6) is 0.800. The molecular weight excluding hydrogens is 397 g/mol. The van der Waals surface area contributed by atoms with E-state index in [-0.39, 0.29) is 11.8 Å². The van der Waals surface area contributed by atoms with Crippen LogP contribution in [0.4, 0.5) is 24.7 Å². The van der Waals surface area contributed by atoms with Crippen LogP contribution in [0.5, 0.6) is 0 Å². The van der Waals surface area contributed by atoms with Gasteiger partial charge in [0, 0.05) is 31.2 Å². The fourth-order valence-corrected chi connectivity index (χ4v) is 3.41. The third-order valence-electron chi connectivity index (χ3n) is 5.00. The van der Waals surface area contributed by atoms with Crippen LogP contribution >= 0.6 is 0 Å². The first-order chi connectivity index (χ1) is 14.4. The number of amides is 1. The molecule has 1 saturated heterocycles. The second-order valence-electron chi connectivity index (χ2n) is 7.07. The van der Waals surface area contributed by atoms with E-state index >= 15 is 0 Å². The van der Waals surface area contributed by atoms with Crippen molar-refractivity contribution < 1.29 is 18.0 Å². The predicted molar refractivity (Wildman–Crippen MR) is 104 cm³/mol. The van der Waals surface area contributed by atoms with Crippen LogP contribution in [-0.2, 0) is 11.0 Å². The smallest absolute Gasteiger partial charge is 0.354 e. The third kappa shape index (κ3) is 4.42. The highest BCUT2D eigenvalue weighted by atomic mass is 19.4. The minimum absolute atomic E-state index is 0.220. The molecule has 156 valence electrons. The summed E-state index contributed by atoms with van der Waals surface area (Å²) in [6.07, 6.45) is 2.15. The summed E-state index contributed by atoms with van der Waals surface area (Å²) < 4.78 is 39.8. The van der Waals surface area contributed by atoms with E-state index in [1.165, 1.54) is 12.1 Å². The average Bonchev–Trinajstić information content (AvgIpc) is 3.29. The summed E-state index contributed by atoms with van der Waals surface area (Å²) in [7, 11) is 0. The van der Waals surface area contributed by atoms with Crippen LogP contribution < -0.4 is 10.2 Å². The zero-order valence-electron chi connectivity index (χ0n) is 15.9. The van der Waals surface area contributed by atoms with Crippen molar-refractivity contribution in [1.29, 1.82) is 0 Å². The lowest BCUT2D eigenvalue weighted by molar-refractivity contribution is -0.137. The maximum Gasteiger partial charge on any atom is 0.416 e. The largest absolute Gasteiger partial charge is 0.416 e. The fraction of sp³-hybridized carbons (Fsp3) is 0.300. The van der Waals surface area contributed by atoms with Crippen LogP contribution in [0.2, 0.25) is 0 Å². The van der Waals surface area contributed by atoms with Gasteiger partial charge in [-0.2, -0.15) is 13.2 Å². The Hall–Kier alpha value is -3.43. The fourth-order valence-electron chi connectivity index (χ4n) is 3.41. The average molecular weight is 416 g/mol. The van der Waals surface area contributed by atoms with E-state index < -0.39 is 11.7 Å². The monoisotopic (exact) mass is 416 g/mol. The zero-order chi connectivity index (χ0) is 21.1. The third-order valence-corrected chi connectivity index (χ3v) is 5.00. The molecule has 0 saturated carbocycles. The number of benzene rings is 1. The number of rotatable bonds is 4. The van der Waals surface area contributed by atoms with E-state index in [1.54, 1.807) is 23.3 Å². The number of nitrogens with zero attached hydrogens (tertiary/aromatic N) is 5. The van der Waals surface area contributed by atoms with E-state index in [1.807, 2.05) is 17.0 Å². The number of anilines is 2. The molecule has 0 bridgehead atoms. The molecule has 1 fully saturated rings. The van der Waals surface area contributed by atoms with Crippen molar-refractivity contribution in [3.63, 3.8) is 0 Å². The summed E-state index contributed by atoms with van der Waals surface area (Å²) in [6.45, 7) is 1.22. The lowest BCUT2D eigenvalue weighted by Crippen LogP contribution is -2.41. The van der Waals surface area contributed by atoms with E-state index in [9.17, 15) is 18.0 Å². The molecule has 0 radical (unpaired) electrons. The van der Waals surface area contributed by atoms with Crippen LogP contribution in [0.3, 0.4) is 0 Å². The van der Waals surface area contributed by atoms with Crippen molar-refractivity contribution in [1.82, 2.24) is 19.7 Å². The summed E-state index contributed by atoms with van der Waals surface area (Å²) in [6, 6.07) is 8.12. The number of hydrogen-bond acceptors (Lipinski definition) is 5. The zero-order valence-corrected chi connectivity index (χ0v) is 15.9. The lowest BCUT2D eigenvalue weighted by atomic mass is 9.97. The van der Waals surface area contributed by atoms with Gasteiger partial charge >= 0.3 is 6.18 Å². The van der Waals surface area contributed by atoms with Crippen molar-refractivity contribution >= 4 is 17.4 Å². The summed E-state index contributed by atoms with van der Waals surface area (Å²) in [5.41, 5.74) is -0.406. The number of piperidine rings is 1. The van der Waals surface area contributed by atoms with Crippen molar-refractivity contribution in [3.05, 3.63) is 60.7 Å². The van der Waals surface area contributed by atoms with E-state index in [2.05, 4.69) is 20.5 Å². The van der Waals surface area contributed by atoms with Gasteiger partial charge in [-0.1, -0.05) is 0 Å². The molecule has 3 heterocycles. The van der Waals surface area contributed by atoms with Crippen LogP contribution in [0.1, 0.15) is 18.4 Å². The van der Waals surface area contributed by atoms with Gasteiger partial charge in [0.25, 0.3) is 0 Å². The molecule has 2 aromatic heterocycles. The van der Waals surface area contributed by atoms with Gasteiger partial charge in [-0.3, -0.25) is 9.36 Å². The van der Waals surface area contributed by atoms with Crippen LogP contribution in [0.15, 0.2) is 55.1 Å². The number of carbonyl (C=O) groups excluding carboxylic acids is 1. The van der Waals surface area contributed by atoms with Crippen molar-refractivity contribution in [2.24, 2.45) is 5.92 Å². The number of aromatic nitrogens is 4. The second kappa shape index (κ2) is 8.13. The first-order valence-electron chi connectivity index (χ1n) is 9.45. The number of halogens is 3. The first kappa shape index (κ1) is 19.9. The summed E-state index contributed by atoms with van der Waals surface area (Å²) in [5, 5.41) is 11.2. The topological polar surface area (TPSA) is 75.9 Å². The summed E-state index contributed by atoms with van der Waals surface area (Å²) in [4.78, 5) is 18.6. The van der Waals surface area contributed by atoms with Crippen LogP contribution in [-0.4, -0.2) is 38.7 Å². The molecule has 4 rings (SSSR count). The van der Waals surface area contributed by atoms with Crippen LogP contribution in [0, 0.1) is 5.92 Å². The van der Waals surface area contributed by atoms with Gasteiger partial charge in [0.15, 0.2) is 11.6 Å². The van der Waals surface area contributed by atoms with Crippen molar-refractivity contribution in [3.8, 4) is 5.82 Å². The van der Waals surface area contributed by atoms with Gasteiger partial charge in [-0.25, -0.2) is 4.98 Å². The number of hydrogen-bond donors (Lipinski definition) is 1. The Kier molecular flexibility index (Phi) is 5.39. The Balaban J connectivity index is 1.39. The Morgan fingerprint density at radius 1 is 1.07 bits per heavy atom. The quantitative estimate of drug-likeness (QED) is 0.704. The van der Waals surface area contributed by atoms with Crippen molar-refractivity contribution in [2.45, 2.75) is 19.0 Å². The molecule has 1 aliphatic rings. The van der Waals surface area contributed by atoms with Crippen LogP contribution in [0.25, 0.3) is 5.82 Å². The molecule has 1 amide bonds. The Bertz CT molecular complexity index is 987. The maximum absolute atomic E-state index is 12.7. The van der Waals surface area contributed by atoms with Gasteiger partial charge in [0.05, 0.1) is 11.5 Å². The normalized spacial score (nSPS) is 17.0. The standard InChI is InChI=1S/C20H19F3N6O/c21-20(22,23)15-3-5-16(6-4-15)25-19(30)14-2-1-10-28(12-14)17-7-8-18(27-26-17)29-11-9-24-13-29/h3-9,11,13-14H,1-2,10,12H2,(H,25,30). The first-order valence-corrected chi connectivity index (χ1v) is 9.45. The molecule has 0 spiro atoms. The number of imidazole rings is 1. The minimum Gasteiger partial charge on any atom is -0.354 e. The Morgan fingerprint density at radius 2 is 1.80 bits per heavy atom. The van der Waals surface area contributed by atoms with E-state index in [0.717, 1.165) is 25.1 Å². The van der Waals surface area contributed by atoms with E-state index in [4.69, 9.17) is 0 Å². The van der Waals surface area contributed by atoms with Gasteiger partial charge < -0.3 is 10.2 Å². The second-order valence-corrected chi connectivity index (χ2v) is 7.07. The molecule has 3 aromatic rings. The highest BCUT2D eigenvalue weighted by Crippen LogP contribution is 2.30. The minimum atomic E-state index is -4.40. The van der Waals surface area contributed by atoms with Gasteiger partial charge in [0.1, 0.15) is 6.33 Å². The van der Waals surface area contributed by atoms with Gasteiger partial charge in [-0.05, 0) is 49.2 Å². The predicted octanol–water partition coefficient (Wildman–Crippen LogP) is 3.54. The highest BCUT2D eigenvalue weighted by Gasteiger charge is 2.30. The van der Waals surface area contributed by atoms with Crippen molar-refractivity contribution in [2.75, 3.05) is 23.3 Å². The molecule has 0 aliphatic carbocycles.